The molecule has 3 N–H and O–H groups in total. The Kier molecular flexibility index (Phi) is 4.01. The van der Waals surface area contributed by atoms with Gasteiger partial charge in [0.25, 0.3) is 5.91 Å². The minimum atomic E-state index is -0.646. The predicted molar refractivity (Wildman–Crippen MR) is 81.1 cm³/mol. The van der Waals surface area contributed by atoms with E-state index in [1.54, 1.807) is 24.3 Å². The third-order valence-corrected chi connectivity index (χ3v) is 3.21. The van der Waals surface area contributed by atoms with Crippen LogP contribution in [0.25, 0.3) is 11.3 Å². The van der Waals surface area contributed by atoms with Crippen LogP contribution in [-0.4, -0.2) is 21.3 Å². The second-order valence-electron chi connectivity index (χ2n) is 4.83. The number of amides is 1. The van der Waals surface area contributed by atoms with Crippen LogP contribution in [0.5, 0.6) is 5.75 Å². The van der Waals surface area contributed by atoms with Crippen molar-refractivity contribution in [1.29, 1.82) is 0 Å². The van der Waals surface area contributed by atoms with Crippen LogP contribution < -0.4 is 10.5 Å². The minimum absolute atomic E-state index is 0.0914. The van der Waals surface area contributed by atoms with Gasteiger partial charge in [-0.05, 0) is 17.7 Å². The lowest BCUT2D eigenvalue weighted by atomic mass is 10.1. The standard InChI is InChI=1S/C16H13FN4O2/c17-12-2-1-3-13(8-12)23-9-10-4-6-11(7-5-10)14-15(16(18)22)20-21-19-14/h1-8H,9H2,(H2,18,22)(H,19,20,21). The predicted octanol–water partition coefficient (Wildman–Crippen LogP) is 2.29. The van der Waals surface area contributed by atoms with E-state index in [9.17, 15) is 9.18 Å². The Hall–Kier alpha value is -3.22. The Morgan fingerprint density at radius 2 is 1.96 bits per heavy atom. The van der Waals surface area contributed by atoms with Crippen molar-refractivity contribution < 1.29 is 13.9 Å². The van der Waals surface area contributed by atoms with E-state index in [2.05, 4.69) is 15.4 Å². The zero-order chi connectivity index (χ0) is 16.2. The molecule has 0 atom stereocenters. The van der Waals surface area contributed by atoms with E-state index in [1.807, 2.05) is 12.1 Å². The fourth-order valence-corrected chi connectivity index (χ4v) is 2.09. The van der Waals surface area contributed by atoms with Crippen molar-refractivity contribution in [3.05, 3.63) is 65.6 Å². The first kappa shape index (κ1) is 14.7. The summed E-state index contributed by atoms with van der Waals surface area (Å²) in [4.78, 5) is 11.3. The minimum Gasteiger partial charge on any atom is -0.489 e. The summed E-state index contributed by atoms with van der Waals surface area (Å²) in [5.41, 5.74) is 7.33. The van der Waals surface area contributed by atoms with Gasteiger partial charge in [-0.3, -0.25) is 4.79 Å². The summed E-state index contributed by atoms with van der Waals surface area (Å²) in [6, 6.07) is 13.2. The van der Waals surface area contributed by atoms with E-state index < -0.39 is 5.91 Å². The number of hydrogen-bond donors (Lipinski definition) is 2. The molecule has 0 saturated carbocycles. The third kappa shape index (κ3) is 3.34. The lowest BCUT2D eigenvalue weighted by Crippen LogP contribution is -2.12. The highest BCUT2D eigenvalue weighted by Crippen LogP contribution is 2.21. The van der Waals surface area contributed by atoms with E-state index in [0.29, 0.717) is 23.6 Å². The summed E-state index contributed by atoms with van der Waals surface area (Å²) in [5, 5.41) is 10.0. The van der Waals surface area contributed by atoms with Gasteiger partial charge in [0, 0.05) is 11.6 Å². The Labute approximate surface area is 131 Å². The van der Waals surface area contributed by atoms with Gasteiger partial charge >= 0.3 is 0 Å². The quantitative estimate of drug-likeness (QED) is 0.756. The number of carbonyl (C=O) groups excluding carboxylic acids is 1. The largest absolute Gasteiger partial charge is 0.489 e. The summed E-state index contributed by atoms with van der Waals surface area (Å²) in [7, 11) is 0. The normalized spacial score (nSPS) is 10.5. The topological polar surface area (TPSA) is 93.9 Å². The molecule has 0 spiro atoms. The van der Waals surface area contributed by atoms with Gasteiger partial charge < -0.3 is 10.5 Å². The third-order valence-electron chi connectivity index (χ3n) is 3.21. The van der Waals surface area contributed by atoms with Crippen LogP contribution in [0.15, 0.2) is 48.5 Å². The van der Waals surface area contributed by atoms with Gasteiger partial charge in [-0.25, -0.2) is 4.39 Å². The number of nitrogens with two attached hydrogens (primary N) is 1. The van der Waals surface area contributed by atoms with Gasteiger partial charge in [0.15, 0.2) is 5.69 Å². The maximum atomic E-state index is 13.1. The molecule has 1 heterocycles. The van der Waals surface area contributed by atoms with Gasteiger partial charge in [0.2, 0.25) is 0 Å². The molecular weight excluding hydrogens is 299 g/mol. The second kappa shape index (κ2) is 6.27. The van der Waals surface area contributed by atoms with E-state index >= 15 is 0 Å². The first-order valence-electron chi connectivity index (χ1n) is 6.82. The SMILES string of the molecule is NC(=O)c1n[nH]nc1-c1ccc(COc2cccc(F)c2)cc1. The molecule has 0 bridgehead atoms. The fraction of sp³-hybridized carbons (Fsp3) is 0.0625. The van der Waals surface area contributed by atoms with Gasteiger partial charge in [-0.1, -0.05) is 30.3 Å². The van der Waals surface area contributed by atoms with E-state index in [0.717, 1.165) is 5.56 Å². The van der Waals surface area contributed by atoms with E-state index in [-0.39, 0.29) is 11.5 Å². The van der Waals surface area contributed by atoms with Crippen molar-refractivity contribution in [2.24, 2.45) is 5.73 Å². The highest BCUT2D eigenvalue weighted by atomic mass is 19.1. The molecule has 3 rings (SSSR count). The zero-order valence-electron chi connectivity index (χ0n) is 12.0. The molecule has 0 fully saturated rings. The van der Waals surface area contributed by atoms with Crippen LogP contribution in [0, 0.1) is 5.82 Å². The first-order valence-corrected chi connectivity index (χ1v) is 6.82. The number of nitrogens with one attached hydrogen (secondary N) is 1. The molecule has 1 amide bonds. The fourth-order valence-electron chi connectivity index (χ4n) is 2.09. The van der Waals surface area contributed by atoms with Crippen LogP contribution in [0.4, 0.5) is 4.39 Å². The Morgan fingerprint density at radius 3 is 2.65 bits per heavy atom. The smallest absolute Gasteiger partial charge is 0.271 e. The maximum Gasteiger partial charge on any atom is 0.271 e. The molecule has 116 valence electrons. The van der Waals surface area contributed by atoms with Gasteiger partial charge in [-0.2, -0.15) is 15.4 Å². The zero-order valence-corrected chi connectivity index (χ0v) is 12.0. The van der Waals surface area contributed by atoms with Crippen LogP contribution in [0.3, 0.4) is 0 Å². The monoisotopic (exact) mass is 312 g/mol. The molecule has 0 aliphatic carbocycles. The molecule has 0 aliphatic heterocycles. The van der Waals surface area contributed by atoms with Gasteiger partial charge in [0.05, 0.1) is 0 Å². The Bertz CT molecular complexity index is 830. The number of primary amides is 1. The first-order chi connectivity index (χ1) is 11.1. The summed E-state index contributed by atoms with van der Waals surface area (Å²) in [6.45, 7) is 0.297. The van der Waals surface area contributed by atoms with Crippen LogP contribution in [0.1, 0.15) is 16.1 Å². The number of nitrogens with zero attached hydrogens (tertiary/aromatic N) is 2. The number of rotatable bonds is 5. The molecule has 1 aromatic heterocycles. The number of aromatic nitrogens is 3. The molecule has 0 aliphatic rings. The van der Waals surface area contributed by atoms with Crippen molar-refractivity contribution >= 4 is 5.91 Å². The van der Waals surface area contributed by atoms with E-state index in [1.165, 1.54) is 12.1 Å². The molecule has 0 saturated heterocycles. The average molecular weight is 312 g/mol. The van der Waals surface area contributed by atoms with Crippen molar-refractivity contribution in [2.45, 2.75) is 6.61 Å². The number of halogens is 1. The Morgan fingerprint density at radius 1 is 1.17 bits per heavy atom. The maximum absolute atomic E-state index is 13.1. The second-order valence-corrected chi connectivity index (χ2v) is 4.83. The summed E-state index contributed by atoms with van der Waals surface area (Å²) in [5.74, 6) is -0.531. The molecule has 3 aromatic rings. The molecule has 23 heavy (non-hydrogen) atoms. The van der Waals surface area contributed by atoms with Crippen molar-refractivity contribution in [3.63, 3.8) is 0 Å². The van der Waals surface area contributed by atoms with Crippen molar-refractivity contribution in [2.75, 3.05) is 0 Å². The summed E-state index contributed by atoms with van der Waals surface area (Å²) >= 11 is 0. The van der Waals surface area contributed by atoms with Crippen LogP contribution in [0.2, 0.25) is 0 Å². The molecule has 0 unspecified atom stereocenters. The van der Waals surface area contributed by atoms with Gasteiger partial charge in [-0.15, -0.1) is 0 Å². The lowest BCUT2D eigenvalue weighted by molar-refractivity contribution is 0.0996. The molecule has 0 radical (unpaired) electrons. The molecule has 2 aromatic carbocycles. The van der Waals surface area contributed by atoms with Crippen LogP contribution in [-0.2, 0) is 6.61 Å². The Balaban J connectivity index is 1.72. The molecule has 6 nitrogen and oxygen atoms in total. The summed E-state index contributed by atoms with van der Waals surface area (Å²) < 4.78 is 18.6. The number of hydrogen-bond acceptors (Lipinski definition) is 4. The summed E-state index contributed by atoms with van der Waals surface area (Å²) in [6.07, 6.45) is 0. The number of benzene rings is 2. The number of carbonyl (C=O) groups is 1. The number of aromatic amines is 1. The van der Waals surface area contributed by atoms with Crippen molar-refractivity contribution in [1.82, 2.24) is 15.4 Å². The highest BCUT2D eigenvalue weighted by Gasteiger charge is 2.14. The van der Waals surface area contributed by atoms with Crippen LogP contribution >= 0.6 is 0 Å². The van der Waals surface area contributed by atoms with Crippen molar-refractivity contribution in [3.8, 4) is 17.0 Å². The van der Waals surface area contributed by atoms with Gasteiger partial charge in [0.1, 0.15) is 23.9 Å². The number of ether oxygens (including phenoxy) is 1. The van der Waals surface area contributed by atoms with E-state index in [4.69, 9.17) is 10.5 Å². The number of H-pyrrole nitrogens is 1. The molecular formula is C16H13FN4O2. The molecule has 7 heteroatoms. The average Bonchev–Trinajstić information content (AvgIpc) is 3.03. The lowest BCUT2D eigenvalue weighted by Gasteiger charge is -2.07. The highest BCUT2D eigenvalue weighted by molar-refractivity contribution is 5.96.